The molecule has 3 rings (SSSR count). The lowest BCUT2D eigenvalue weighted by atomic mass is 9.89. The molecule has 1 aliphatic carbocycles. The molecule has 1 saturated carbocycles. The van der Waals surface area contributed by atoms with Crippen LogP contribution in [0.4, 0.5) is 8.78 Å². The fourth-order valence-electron chi connectivity index (χ4n) is 3.36. The maximum absolute atomic E-state index is 14.0. The molecule has 0 bridgehead atoms. The van der Waals surface area contributed by atoms with E-state index in [9.17, 15) is 13.6 Å². The normalized spacial score (nSPS) is 24.9. The first-order valence-corrected chi connectivity index (χ1v) is 8.30. The van der Waals surface area contributed by atoms with Gasteiger partial charge in [-0.25, -0.2) is 9.18 Å². The molecular formula is C20H32F2O3. The zero-order chi connectivity index (χ0) is 16.6. The van der Waals surface area contributed by atoms with E-state index in [-0.39, 0.29) is 33.7 Å². The van der Waals surface area contributed by atoms with Gasteiger partial charge in [-0.05, 0) is 68.6 Å². The number of hydrogen-bond acceptors (Lipinski definition) is 3. The van der Waals surface area contributed by atoms with E-state index in [1.165, 1.54) is 6.92 Å². The number of rotatable bonds is 2. The lowest BCUT2D eigenvalue weighted by molar-refractivity contribution is -0.160. The number of carbonyl (C=O) groups is 1. The Hall–Kier alpha value is -1.65. The Morgan fingerprint density at radius 3 is 2.44 bits per heavy atom. The Balaban J connectivity index is 0.00000208. The van der Waals surface area contributed by atoms with Crippen LogP contribution in [-0.4, -0.2) is 18.2 Å². The smallest absolute Gasteiger partial charge is 0.347 e. The molecule has 0 saturated heterocycles. The number of fused-ring (bicyclic) bond motifs is 1. The highest BCUT2D eigenvalue weighted by Crippen LogP contribution is 2.34. The molecular weight excluding hydrogens is 326 g/mol. The fourth-order valence-corrected chi connectivity index (χ4v) is 3.36. The zero-order valence-electron chi connectivity index (χ0n) is 13.5. The van der Waals surface area contributed by atoms with Crippen LogP contribution in [0.3, 0.4) is 0 Å². The van der Waals surface area contributed by atoms with E-state index in [0.717, 1.165) is 25.7 Å². The van der Waals surface area contributed by atoms with Crippen molar-refractivity contribution in [1.29, 1.82) is 0 Å². The molecule has 0 radical (unpaired) electrons. The second kappa shape index (κ2) is 8.63. The van der Waals surface area contributed by atoms with Gasteiger partial charge in [0.2, 0.25) is 5.82 Å². The highest BCUT2D eigenvalue weighted by Gasteiger charge is 2.33. The molecule has 1 aromatic carbocycles. The first-order valence-electron chi connectivity index (χ1n) is 8.30. The summed E-state index contributed by atoms with van der Waals surface area (Å²) in [6.07, 6.45) is 3.80. The van der Waals surface area contributed by atoms with Gasteiger partial charge in [0, 0.05) is 1.43 Å². The number of esters is 1. The minimum atomic E-state index is -1.01. The molecule has 25 heavy (non-hydrogen) atoms. The quantitative estimate of drug-likeness (QED) is 0.645. The van der Waals surface area contributed by atoms with E-state index in [1.807, 2.05) is 0 Å². The van der Waals surface area contributed by atoms with Gasteiger partial charge in [0.15, 0.2) is 17.7 Å². The number of hydrogen-bond donors (Lipinski definition) is 0. The van der Waals surface area contributed by atoms with Gasteiger partial charge in [-0.3, -0.25) is 0 Å². The van der Waals surface area contributed by atoms with E-state index in [4.69, 9.17) is 9.47 Å². The van der Waals surface area contributed by atoms with E-state index < -0.39 is 23.7 Å². The molecule has 1 heterocycles. The predicted octanol–water partition coefficient (Wildman–Crippen LogP) is 5.61. The third-order valence-electron chi connectivity index (χ3n) is 4.87. The molecule has 1 atom stereocenters. The molecule has 0 amide bonds. The maximum atomic E-state index is 14.0. The van der Waals surface area contributed by atoms with Crippen LogP contribution in [0.5, 0.6) is 5.75 Å². The van der Waals surface area contributed by atoms with Crippen molar-refractivity contribution in [3.05, 3.63) is 28.8 Å². The molecule has 0 spiro atoms. The van der Waals surface area contributed by atoms with Crippen molar-refractivity contribution in [2.24, 2.45) is 5.92 Å². The second-order valence-electron chi connectivity index (χ2n) is 6.77. The lowest BCUT2D eigenvalue weighted by Gasteiger charge is -2.30. The SMILES string of the molecule is C.C.Cc1cc2c(c(F)c1F)OC(C(=O)OC1CCC(C)CC1)CC2.[HH]. The molecule has 1 fully saturated rings. The van der Waals surface area contributed by atoms with Gasteiger partial charge in [-0.1, -0.05) is 21.8 Å². The van der Waals surface area contributed by atoms with Crippen LogP contribution in [0.25, 0.3) is 0 Å². The van der Waals surface area contributed by atoms with Crippen molar-refractivity contribution >= 4 is 5.97 Å². The number of carbonyl (C=O) groups excluding carboxylic acids is 1. The van der Waals surface area contributed by atoms with Gasteiger partial charge in [0.05, 0.1) is 0 Å². The van der Waals surface area contributed by atoms with Crippen LogP contribution in [0.2, 0.25) is 0 Å². The van der Waals surface area contributed by atoms with Crippen LogP contribution in [0.15, 0.2) is 6.07 Å². The molecule has 144 valence electrons. The first-order chi connectivity index (χ1) is 11.0. The van der Waals surface area contributed by atoms with Gasteiger partial charge >= 0.3 is 5.97 Å². The Morgan fingerprint density at radius 1 is 1.16 bits per heavy atom. The van der Waals surface area contributed by atoms with Crippen LogP contribution in [-0.2, 0) is 16.0 Å². The summed E-state index contributed by atoms with van der Waals surface area (Å²) >= 11 is 0. The molecule has 1 aromatic rings. The number of ether oxygens (including phenoxy) is 2. The topological polar surface area (TPSA) is 35.5 Å². The van der Waals surface area contributed by atoms with Crippen molar-refractivity contribution < 1.29 is 24.5 Å². The van der Waals surface area contributed by atoms with Crippen molar-refractivity contribution in [2.45, 2.75) is 79.4 Å². The van der Waals surface area contributed by atoms with Crippen molar-refractivity contribution in [2.75, 3.05) is 0 Å². The van der Waals surface area contributed by atoms with Gasteiger partial charge in [0.25, 0.3) is 0 Å². The number of benzene rings is 1. The first kappa shape index (κ1) is 21.4. The number of halogens is 2. The summed E-state index contributed by atoms with van der Waals surface area (Å²) in [4.78, 5) is 12.3. The summed E-state index contributed by atoms with van der Waals surface area (Å²) in [6, 6.07) is 1.58. The van der Waals surface area contributed by atoms with Gasteiger partial charge in [-0.15, -0.1) is 0 Å². The van der Waals surface area contributed by atoms with E-state index >= 15 is 0 Å². The van der Waals surface area contributed by atoms with E-state index in [0.29, 0.717) is 24.3 Å². The molecule has 5 heteroatoms. The monoisotopic (exact) mass is 358 g/mol. The molecule has 0 N–H and O–H groups in total. The molecule has 0 aromatic heterocycles. The molecule has 1 aliphatic heterocycles. The molecule has 1 unspecified atom stereocenters. The van der Waals surface area contributed by atoms with Gasteiger partial charge in [0.1, 0.15) is 6.10 Å². The minimum absolute atomic E-state index is 0. The minimum Gasteiger partial charge on any atom is -0.475 e. The van der Waals surface area contributed by atoms with Crippen molar-refractivity contribution in [3.8, 4) is 5.75 Å². The average Bonchev–Trinajstić information content (AvgIpc) is 2.54. The summed E-state index contributed by atoms with van der Waals surface area (Å²) in [5.41, 5.74) is 0.860. The second-order valence-corrected chi connectivity index (χ2v) is 6.77. The van der Waals surface area contributed by atoms with Crippen LogP contribution in [0, 0.1) is 24.5 Å². The lowest BCUT2D eigenvalue weighted by Crippen LogP contribution is -2.36. The summed E-state index contributed by atoms with van der Waals surface area (Å²) in [6.45, 7) is 3.71. The van der Waals surface area contributed by atoms with Crippen LogP contribution >= 0.6 is 0 Å². The standard InChI is InChI=1S/C18H22F2O3.2CH4.H2/c1-10-3-6-13(7-4-10)22-18(21)14-8-5-12-9-11(2)15(19)16(20)17(12)23-14;;;/h9-10,13-14H,3-8H2,1-2H3;2*1H4;1H. The Morgan fingerprint density at radius 2 is 1.80 bits per heavy atom. The summed E-state index contributed by atoms with van der Waals surface area (Å²) in [5, 5.41) is 0. The summed E-state index contributed by atoms with van der Waals surface area (Å²) < 4.78 is 38.7. The molecule has 3 nitrogen and oxygen atoms in total. The fraction of sp³-hybridized carbons (Fsp3) is 0.650. The maximum Gasteiger partial charge on any atom is 0.347 e. The van der Waals surface area contributed by atoms with Gasteiger partial charge < -0.3 is 9.47 Å². The summed E-state index contributed by atoms with van der Waals surface area (Å²) in [5.74, 6) is -1.86. The van der Waals surface area contributed by atoms with Crippen LogP contribution in [0.1, 0.15) is 66.4 Å². The predicted molar refractivity (Wildman–Crippen MR) is 96.9 cm³/mol. The average molecular weight is 358 g/mol. The van der Waals surface area contributed by atoms with E-state index in [1.54, 1.807) is 6.07 Å². The third-order valence-corrected chi connectivity index (χ3v) is 4.87. The highest BCUT2D eigenvalue weighted by molar-refractivity contribution is 5.76. The zero-order valence-corrected chi connectivity index (χ0v) is 13.5. The van der Waals surface area contributed by atoms with Crippen LogP contribution < -0.4 is 4.74 Å². The molecule has 2 aliphatic rings. The summed E-state index contributed by atoms with van der Waals surface area (Å²) in [7, 11) is 0. The Kier molecular flexibility index (Phi) is 7.39. The van der Waals surface area contributed by atoms with Gasteiger partial charge in [-0.2, -0.15) is 4.39 Å². The third kappa shape index (κ3) is 4.50. The van der Waals surface area contributed by atoms with E-state index in [2.05, 4.69) is 6.92 Å². The Labute approximate surface area is 151 Å². The van der Waals surface area contributed by atoms with Crippen molar-refractivity contribution in [3.63, 3.8) is 0 Å². The Bertz CT molecular complexity index is 614. The number of aryl methyl sites for hydroxylation is 2. The largest absolute Gasteiger partial charge is 0.475 e. The highest BCUT2D eigenvalue weighted by atomic mass is 19.2. The van der Waals surface area contributed by atoms with Crippen molar-refractivity contribution in [1.82, 2.24) is 0 Å².